The Bertz CT molecular complexity index is 1440. The van der Waals surface area contributed by atoms with Crippen LogP contribution in [-0.4, -0.2) is 23.6 Å². The molecule has 1 aliphatic heterocycles. The van der Waals surface area contributed by atoms with Gasteiger partial charge in [0.25, 0.3) is 0 Å². The largest absolute Gasteiger partial charge is 0.490 e. The van der Waals surface area contributed by atoms with Gasteiger partial charge in [-0.25, -0.2) is 0 Å². The maximum atomic E-state index is 13.6. The highest BCUT2D eigenvalue weighted by molar-refractivity contribution is 6.29. The number of nitro benzene ring substituents is 1. The lowest BCUT2D eigenvalue weighted by Crippen LogP contribution is -2.32. The molecule has 2 aliphatic carbocycles. The van der Waals surface area contributed by atoms with Crippen LogP contribution in [0.4, 0.5) is 11.4 Å². The number of rotatable bonds is 3. The maximum absolute atomic E-state index is 13.6. The lowest BCUT2D eigenvalue weighted by Gasteiger charge is -2.39. The quantitative estimate of drug-likeness (QED) is 0.260. The molecule has 0 amide bonds. The number of allylic oxidation sites excluding steroid dienone is 2. The average molecular weight is 452 g/mol. The standard InChI is InChI=1S/C27H20N2O5/c1-34-22-12-9-14(13-21(22)29(32)33)25-16-8-4-7-15(16)23-20(28-25)11-10-19-24(23)27(31)18-6-3-2-5-17(18)26(19)30/h2-7,9-13,15-16,25,28H,8H2,1H3/t15-,16+,25+/m1/s1. The van der Waals surface area contributed by atoms with Crippen molar-refractivity contribution >= 4 is 22.9 Å². The van der Waals surface area contributed by atoms with E-state index in [-0.39, 0.29) is 40.9 Å². The summed E-state index contributed by atoms with van der Waals surface area (Å²) in [5, 5.41) is 15.1. The molecule has 0 unspecified atom stereocenters. The van der Waals surface area contributed by atoms with Crippen molar-refractivity contribution < 1.29 is 19.2 Å². The van der Waals surface area contributed by atoms with Crippen LogP contribution in [0, 0.1) is 16.0 Å². The van der Waals surface area contributed by atoms with Crippen LogP contribution in [-0.2, 0) is 0 Å². The van der Waals surface area contributed by atoms with E-state index < -0.39 is 4.92 Å². The van der Waals surface area contributed by atoms with Crippen LogP contribution >= 0.6 is 0 Å². The molecule has 0 fully saturated rings. The molecule has 0 spiro atoms. The van der Waals surface area contributed by atoms with Crippen LogP contribution in [0.3, 0.4) is 0 Å². The number of nitro groups is 1. The lowest BCUT2D eigenvalue weighted by molar-refractivity contribution is -0.385. The van der Waals surface area contributed by atoms with E-state index in [1.54, 1.807) is 42.5 Å². The van der Waals surface area contributed by atoms with Gasteiger partial charge in [-0.05, 0) is 41.7 Å². The molecule has 3 aromatic rings. The van der Waals surface area contributed by atoms with E-state index in [9.17, 15) is 19.7 Å². The van der Waals surface area contributed by atoms with Crippen molar-refractivity contribution in [3.05, 3.63) is 110 Å². The Morgan fingerprint density at radius 3 is 2.50 bits per heavy atom. The Kier molecular flexibility index (Phi) is 4.42. The molecule has 0 saturated heterocycles. The monoisotopic (exact) mass is 452 g/mol. The van der Waals surface area contributed by atoms with Gasteiger partial charge in [0.15, 0.2) is 17.3 Å². The highest BCUT2D eigenvalue weighted by atomic mass is 16.6. The summed E-state index contributed by atoms with van der Waals surface area (Å²) in [6, 6.07) is 15.3. The number of carbonyl (C=O) groups is 2. The topological polar surface area (TPSA) is 98.5 Å². The summed E-state index contributed by atoms with van der Waals surface area (Å²) >= 11 is 0. The first-order chi connectivity index (χ1) is 16.5. The van der Waals surface area contributed by atoms with E-state index in [1.807, 2.05) is 12.1 Å². The molecular formula is C27H20N2O5. The Balaban J connectivity index is 1.49. The molecule has 1 N–H and O–H groups in total. The normalized spacial score (nSPS) is 21.7. The summed E-state index contributed by atoms with van der Waals surface area (Å²) in [6.07, 6.45) is 4.93. The van der Waals surface area contributed by atoms with Gasteiger partial charge < -0.3 is 10.1 Å². The van der Waals surface area contributed by atoms with Gasteiger partial charge in [-0.2, -0.15) is 0 Å². The number of anilines is 1. The zero-order valence-corrected chi connectivity index (χ0v) is 18.3. The highest BCUT2D eigenvalue weighted by Gasteiger charge is 2.43. The predicted octanol–water partition coefficient (Wildman–Crippen LogP) is 5.21. The molecule has 6 rings (SSSR count). The number of benzene rings is 3. The fourth-order valence-corrected chi connectivity index (χ4v) is 5.66. The molecule has 0 bridgehead atoms. The average Bonchev–Trinajstić information content (AvgIpc) is 3.36. The van der Waals surface area contributed by atoms with Crippen molar-refractivity contribution in [3.8, 4) is 5.75 Å². The number of ether oxygens (including phenoxy) is 1. The molecule has 3 aromatic carbocycles. The summed E-state index contributed by atoms with van der Waals surface area (Å²) in [7, 11) is 1.41. The third kappa shape index (κ3) is 2.76. The molecule has 0 saturated carbocycles. The number of hydrogen-bond donors (Lipinski definition) is 1. The first-order valence-electron chi connectivity index (χ1n) is 11.1. The Morgan fingerprint density at radius 1 is 1.00 bits per heavy atom. The van der Waals surface area contributed by atoms with E-state index in [1.165, 1.54) is 7.11 Å². The molecule has 0 radical (unpaired) electrons. The van der Waals surface area contributed by atoms with Crippen LogP contribution in [0.1, 0.15) is 61.4 Å². The minimum Gasteiger partial charge on any atom is -0.490 e. The highest BCUT2D eigenvalue weighted by Crippen LogP contribution is 2.52. The minimum absolute atomic E-state index is 0.0482. The number of ketones is 2. The second-order valence-corrected chi connectivity index (χ2v) is 8.82. The molecule has 3 aliphatic rings. The van der Waals surface area contributed by atoms with E-state index in [4.69, 9.17) is 4.74 Å². The van der Waals surface area contributed by atoms with Crippen molar-refractivity contribution in [3.63, 3.8) is 0 Å². The van der Waals surface area contributed by atoms with Gasteiger partial charge in [-0.1, -0.05) is 42.5 Å². The fourth-order valence-electron chi connectivity index (χ4n) is 5.66. The molecular weight excluding hydrogens is 432 g/mol. The molecule has 0 aromatic heterocycles. The number of methoxy groups -OCH3 is 1. The predicted molar refractivity (Wildman–Crippen MR) is 126 cm³/mol. The van der Waals surface area contributed by atoms with Crippen LogP contribution in [0.15, 0.2) is 66.7 Å². The third-order valence-corrected chi connectivity index (χ3v) is 7.18. The van der Waals surface area contributed by atoms with Gasteiger partial charge in [0.1, 0.15) is 0 Å². The number of nitrogens with one attached hydrogen (secondary N) is 1. The van der Waals surface area contributed by atoms with Gasteiger partial charge in [-0.15, -0.1) is 0 Å². The number of nitrogens with zero attached hydrogens (tertiary/aromatic N) is 1. The van der Waals surface area contributed by atoms with Crippen molar-refractivity contribution in [2.75, 3.05) is 12.4 Å². The molecule has 34 heavy (non-hydrogen) atoms. The van der Waals surface area contributed by atoms with Gasteiger partial charge >= 0.3 is 5.69 Å². The van der Waals surface area contributed by atoms with Crippen molar-refractivity contribution in [1.82, 2.24) is 0 Å². The third-order valence-electron chi connectivity index (χ3n) is 7.18. The van der Waals surface area contributed by atoms with E-state index in [0.29, 0.717) is 22.3 Å². The van der Waals surface area contributed by atoms with Crippen molar-refractivity contribution in [2.24, 2.45) is 5.92 Å². The van der Waals surface area contributed by atoms with E-state index >= 15 is 0 Å². The fraction of sp³-hybridized carbons (Fsp3) is 0.185. The van der Waals surface area contributed by atoms with Crippen LogP contribution in [0.25, 0.3) is 0 Å². The molecule has 3 atom stereocenters. The Labute approximate surface area is 195 Å². The SMILES string of the molecule is COc1ccc([C@@H]2Nc3ccc4c(c3[C@@H]3C=CC[C@@H]32)C(=O)c2ccccc2C4=O)cc1[N+](=O)[O-]. The van der Waals surface area contributed by atoms with Gasteiger partial charge in [0, 0.05) is 39.9 Å². The lowest BCUT2D eigenvalue weighted by atomic mass is 9.71. The summed E-state index contributed by atoms with van der Waals surface area (Å²) in [5.74, 6) is -0.102. The maximum Gasteiger partial charge on any atom is 0.311 e. The second-order valence-electron chi connectivity index (χ2n) is 8.82. The Morgan fingerprint density at radius 2 is 1.76 bits per heavy atom. The summed E-state index contributed by atoms with van der Waals surface area (Å²) < 4.78 is 5.16. The van der Waals surface area contributed by atoms with Gasteiger partial charge in [-0.3, -0.25) is 19.7 Å². The van der Waals surface area contributed by atoms with Gasteiger partial charge in [0.2, 0.25) is 0 Å². The zero-order chi connectivity index (χ0) is 23.6. The number of carbonyl (C=O) groups excluding carboxylic acids is 2. The second kappa shape index (κ2) is 7.38. The summed E-state index contributed by atoms with van der Waals surface area (Å²) in [5.41, 5.74) is 4.07. The van der Waals surface area contributed by atoms with E-state index in [2.05, 4.69) is 17.5 Å². The molecule has 1 heterocycles. The van der Waals surface area contributed by atoms with Crippen LogP contribution in [0.2, 0.25) is 0 Å². The summed E-state index contributed by atoms with van der Waals surface area (Å²) in [6.45, 7) is 0. The van der Waals surface area contributed by atoms with Crippen molar-refractivity contribution in [2.45, 2.75) is 18.4 Å². The smallest absolute Gasteiger partial charge is 0.311 e. The van der Waals surface area contributed by atoms with Crippen LogP contribution < -0.4 is 10.1 Å². The van der Waals surface area contributed by atoms with Crippen molar-refractivity contribution in [1.29, 1.82) is 0 Å². The number of hydrogen-bond acceptors (Lipinski definition) is 6. The van der Waals surface area contributed by atoms with Gasteiger partial charge in [0.05, 0.1) is 18.1 Å². The van der Waals surface area contributed by atoms with Crippen LogP contribution in [0.5, 0.6) is 5.75 Å². The summed E-state index contributed by atoms with van der Waals surface area (Å²) in [4.78, 5) is 37.9. The molecule has 7 heteroatoms. The molecule has 168 valence electrons. The minimum atomic E-state index is -0.443. The number of fused-ring (bicyclic) bond motifs is 6. The molecule has 7 nitrogen and oxygen atoms in total. The zero-order valence-electron chi connectivity index (χ0n) is 18.3. The Hall–Kier alpha value is -4.26. The van der Waals surface area contributed by atoms with E-state index in [0.717, 1.165) is 23.2 Å². The first kappa shape index (κ1) is 20.4. The first-order valence-corrected chi connectivity index (χ1v) is 11.1.